The molecule has 0 bridgehead atoms. The first-order chi connectivity index (χ1) is 12.7. The molecule has 1 aliphatic heterocycles. The monoisotopic (exact) mass is 413 g/mol. The van der Waals surface area contributed by atoms with Gasteiger partial charge >= 0.3 is 0 Å². The fraction of sp³-hybridized carbons (Fsp3) is 0.444. The Bertz CT molecular complexity index is 750. The number of hydrogen-bond donors (Lipinski definition) is 2. The molecule has 1 atom stereocenters. The van der Waals surface area contributed by atoms with Crippen LogP contribution in [0.1, 0.15) is 12.8 Å². The molecule has 7 nitrogen and oxygen atoms in total. The number of nitrogens with zero attached hydrogens (tertiary/aromatic N) is 1. The highest BCUT2D eigenvalue weighted by atomic mass is 35.5. The zero-order valence-electron chi connectivity index (χ0n) is 15.3. The van der Waals surface area contributed by atoms with Crippen molar-refractivity contribution in [1.29, 1.82) is 0 Å². The average molecular weight is 414 g/mol. The van der Waals surface area contributed by atoms with Crippen LogP contribution in [0.25, 0.3) is 11.3 Å². The van der Waals surface area contributed by atoms with Crippen LogP contribution in [0.5, 0.6) is 11.5 Å². The number of hydrogen-bond acceptors (Lipinski definition) is 7. The van der Waals surface area contributed by atoms with Crippen molar-refractivity contribution in [3.05, 3.63) is 23.6 Å². The number of nitrogens with one attached hydrogen (secondary N) is 2. The van der Waals surface area contributed by atoms with Gasteiger partial charge in [-0.05, 0) is 31.0 Å². The van der Waals surface area contributed by atoms with E-state index < -0.39 is 0 Å². The van der Waals surface area contributed by atoms with Gasteiger partial charge in [-0.2, -0.15) is 0 Å². The molecule has 0 saturated carbocycles. The van der Waals surface area contributed by atoms with Gasteiger partial charge in [0.05, 0.1) is 32.6 Å². The van der Waals surface area contributed by atoms with Gasteiger partial charge in [-0.25, -0.2) is 4.98 Å². The molecule has 3 rings (SSSR count). The number of aromatic nitrogens is 1. The van der Waals surface area contributed by atoms with Crippen molar-refractivity contribution in [2.45, 2.75) is 18.9 Å². The fourth-order valence-corrected chi connectivity index (χ4v) is 3.51. The number of rotatable bonds is 8. The number of methoxy groups -OCH3 is 2. The van der Waals surface area contributed by atoms with Gasteiger partial charge in [0.25, 0.3) is 0 Å². The largest absolute Gasteiger partial charge is 0.497 e. The number of carbonyl (C=O) groups is 1. The van der Waals surface area contributed by atoms with E-state index in [2.05, 4.69) is 15.6 Å². The number of benzene rings is 1. The summed E-state index contributed by atoms with van der Waals surface area (Å²) in [4.78, 5) is 16.6. The van der Waals surface area contributed by atoms with E-state index >= 15 is 0 Å². The Morgan fingerprint density at radius 2 is 2.22 bits per heavy atom. The van der Waals surface area contributed by atoms with Crippen molar-refractivity contribution in [1.82, 2.24) is 10.3 Å². The van der Waals surface area contributed by atoms with Crippen molar-refractivity contribution in [2.24, 2.45) is 0 Å². The molecular weight excluding hydrogens is 390 g/mol. The minimum absolute atomic E-state index is 0. The van der Waals surface area contributed by atoms with Gasteiger partial charge in [0.2, 0.25) is 5.91 Å². The van der Waals surface area contributed by atoms with Gasteiger partial charge in [0, 0.05) is 24.1 Å². The standard InChI is InChI=1S/C18H23N3O4S.ClH/c1-23-12-5-6-16(24-2)14(8-12)15-11-26-18(20-15)21-17(22)10-19-9-13-4-3-7-25-13;/h5-6,8,11,13,19H,3-4,7,9-10H2,1-2H3,(H,20,21,22);1H. The van der Waals surface area contributed by atoms with Crippen molar-refractivity contribution in [2.75, 3.05) is 39.2 Å². The third-order valence-corrected chi connectivity index (χ3v) is 4.87. The number of ether oxygens (including phenoxy) is 3. The summed E-state index contributed by atoms with van der Waals surface area (Å²) >= 11 is 1.37. The summed E-state index contributed by atoms with van der Waals surface area (Å²) in [5.41, 5.74) is 1.55. The quantitative estimate of drug-likeness (QED) is 0.692. The first-order valence-electron chi connectivity index (χ1n) is 8.49. The second-order valence-electron chi connectivity index (χ2n) is 5.92. The van der Waals surface area contributed by atoms with Crippen molar-refractivity contribution >= 4 is 34.8 Å². The molecule has 1 aromatic heterocycles. The Hall–Kier alpha value is -1.87. The van der Waals surface area contributed by atoms with Crippen molar-refractivity contribution in [3.8, 4) is 22.8 Å². The molecule has 27 heavy (non-hydrogen) atoms. The Morgan fingerprint density at radius 3 is 2.93 bits per heavy atom. The molecule has 9 heteroatoms. The molecule has 2 N–H and O–H groups in total. The predicted octanol–water partition coefficient (Wildman–Crippen LogP) is 2.96. The zero-order chi connectivity index (χ0) is 18.4. The van der Waals surface area contributed by atoms with Gasteiger partial charge in [0.1, 0.15) is 11.5 Å². The SMILES string of the molecule is COc1ccc(OC)c(-c2csc(NC(=O)CNCC3CCCO3)n2)c1.Cl. The van der Waals surface area contributed by atoms with Crippen molar-refractivity contribution < 1.29 is 19.0 Å². The van der Waals surface area contributed by atoms with E-state index in [1.54, 1.807) is 14.2 Å². The zero-order valence-corrected chi connectivity index (χ0v) is 17.0. The molecule has 2 aromatic rings. The van der Waals surface area contributed by atoms with Crippen LogP contribution < -0.4 is 20.1 Å². The Morgan fingerprint density at radius 1 is 1.37 bits per heavy atom. The van der Waals surface area contributed by atoms with Gasteiger partial charge in [-0.15, -0.1) is 23.7 Å². The van der Waals surface area contributed by atoms with E-state index in [1.807, 2.05) is 23.6 Å². The van der Waals surface area contributed by atoms with E-state index in [0.717, 1.165) is 36.5 Å². The third kappa shape index (κ3) is 5.80. The maximum atomic E-state index is 12.1. The minimum Gasteiger partial charge on any atom is -0.497 e. The van der Waals surface area contributed by atoms with E-state index in [-0.39, 0.29) is 31.0 Å². The summed E-state index contributed by atoms with van der Waals surface area (Å²) in [5, 5.41) is 8.37. The first kappa shape index (κ1) is 21.4. The first-order valence-corrected chi connectivity index (χ1v) is 9.37. The summed E-state index contributed by atoms with van der Waals surface area (Å²) in [6.45, 7) is 1.74. The third-order valence-electron chi connectivity index (χ3n) is 4.11. The van der Waals surface area contributed by atoms with Crippen LogP contribution in [0, 0.1) is 0 Å². The van der Waals surface area contributed by atoms with Gasteiger partial charge < -0.3 is 24.8 Å². The molecule has 0 aliphatic carbocycles. The highest BCUT2D eigenvalue weighted by molar-refractivity contribution is 7.14. The lowest BCUT2D eigenvalue weighted by molar-refractivity contribution is -0.115. The van der Waals surface area contributed by atoms with Gasteiger partial charge in [-0.3, -0.25) is 4.79 Å². The predicted molar refractivity (Wildman–Crippen MR) is 108 cm³/mol. The Balaban J connectivity index is 0.00000261. The van der Waals surface area contributed by atoms with E-state index in [4.69, 9.17) is 14.2 Å². The maximum absolute atomic E-state index is 12.1. The van der Waals surface area contributed by atoms with E-state index in [0.29, 0.717) is 17.4 Å². The molecule has 1 fully saturated rings. The molecule has 0 spiro atoms. The molecule has 1 amide bonds. The minimum atomic E-state index is -0.124. The summed E-state index contributed by atoms with van der Waals surface area (Å²) < 4.78 is 16.2. The Labute approximate surface area is 168 Å². The summed E-state index contributed by atoms with van der Waals surface area (Å²) in [7, 11) is 3.22. The van der Waals surface area contributed by atoms with Crippen LogP contribution in [-0.4, -0.2) is 50.9 Å². The highest BCUT2D eigenvalue weighted by Crippen LogP contribution is 2.34. The number of amides is 1. The molecule has 1 unspecified atom stereocenters. The Kier molecular flexibility index (Phi) is 8.30. The second kappa shape index (κ2) is 10.5. The number of halogens is 1. The normalized spacial score (nSPS) is 15.9. The van der Waals surface area contributed by atoms with E-state index in [1.165, 1.54) is 11.3 Å². The molecule has 2 heterocycles. The van der Waals surface area contributed by atoms with Crippen LogP contribution in [-0.2, 0) is 9.53 Å². The lowest BCUT2D eigenvalue weighted by Crippen LogP contribution is -2.33. The van der Waals surface area contributed by atoms with Crippen LogP contribution in [0.15, 0.2) is 23.6 Å². The van der Waals surface area contributed by atoms with Crippen LogP contribution in [0.4, 0.5) is 5.13 Å². The lowest BCUT2D eigenvalue weighted by atomic mass is 10.1. The highest BCUT2D eigenvalue weighted by Gasteiger charge is 2.16. The molecule has 1 aromatic carbocycles. The summed E-state index contributed by atoms with van der Waals surface area (Å²) in [5.74, 6) is 1.30. The summed E-state index contributed by atoms with van der Waals surface area (Å²) in [6, 6.07) is 5.53. The lowest BCUT2D eigenvalue weighted by Gasteiger charge is -2.10. The fourth-order valence-electron chi connectivity index (χ4n) is 2.78. The average Bonchev–Trinajstić information content (AvgIpc) is 3.33. The van der Waals surface area contributed by atoms with Gasteiger partial charge in [0.15, 0.2) is 5.13 Å². The molecule has 1 saturated heterocycles. The van der Waals surface area contributed by atoms with Gasteiger partial charge in [-0.1, -0.05) is 0 Å². The maximum Gasteiger partial charge on any atom is 0.240 e. The molecule has 1 aliphatic rings. The number of thiazole rings is 1. The molecule has 148 valence electrons. The molecular formula is C18H24ClN3O4S. The second-order valence-corrected chi connectivity index (χ2v) is 6.78. The van der Waals surface area contributed by atoms with Crippen molar-refractivity contribution in [3.63, 3.8) is 0 Å². The van der Waals surface area contributed by atoms with Crippen LogP contribution >= 0.6 is 23.7 Å². The van der Waals surface area contributed by atoms with Crippen LogP contribution in [0.3, 0.4) is 0 Å². The van der Waals surface area contributed by atoms with E-state index in [9.17, 15) is 4.79 Å². The number of anilines is 1. The smallest absolute Gasteiger partial charge is 0.240 e. The summed E-state index contributed by atoms with van der Waals surface area (Å²) in [6.07, 6.45) is 2.36. The van der Waals surface area contributed by atoms with Crippen LogP contribution in [0.2, 0.25) is 0 Å². The topological polar surface area (TPSA) is 81.7 Å². The number of carbonyl (C=O) groups excluding carboxylic acids is 1. The molecule has 0 radical (unpaired) electrons.